The summed E-state index contributed by atoms with van der Waals surface area (Å²) >= 11 is 0. The molecule has 1 saturated carbocycles. The van der Waals surface area contributed by atoms with Crippen molar-refractivity contribution >= 4 is 0 Å². The van der Waals surface area contributed by atoms with Crippen LogP contribution in [0.1, 0.15) is 42.6 Å². The van der Waals surface area contributed by atoms with E-state index in [0.717, 1.165) is 18.0 Å². The highest BCUT2D eigenvalue weighted by Gasteiger charge is 2.23. The van der Waals surface area contributed by atoms with Gasteiger partial charge in [-0.05, 0) is 38.2 Å². The van der Waals surface area contributed by atoms with Crippen LogP contribution in [-0.4, -0.2) is 15.8 Å². The van der Waals surface area contributed by atoms with Gasteiger partial charge in [0.1, 0.15) is 0 Å². The normalized spacial score (nSPS) is 18.1. The molecule has 1 aliphatic rings. The molecule has 17 heavy (non-hydrogen) atoms. The van der Waals surface area contributed by atoms with Crippen LogP contribution in [0.3, 0.4) is 0 Å². The molecule has 0 saturated heterocycles. The van der Waals surface area contributed by atoms with E-state index >= 15 is 0 Å². The number of hydrogen-bond donors (Lipinski definition) is 2. The fourth-order valence-corrected chi connectivity index (χ4v) is 2.70. The average molecular weight is 236 g/mol. The molecule has 0 aromatic carbocycles. The van der Waals surface area contributed by atoms with Gasteiger partial charge in [0.2, 0.25) is 0 Å². The predicted octanol–water partition coefficient (Wildman–Crippen LogP) is 1.60. The number of hydrogen-bond acceptors (Lipinski definition) is 3. The molecule has 1 heterocycles. The Morgan fingerprint density at radius 3 is 2.59 bits per heavy atom. The summed E-state index contributed by atoms with van der Waals surface area (Å²) in [7, 11) is 2.00. The Labute approximate surface area is 104 Å². The summed E-state index contributed by atoms with van der Waals surface area (Å²) in [5, 5.41) is 4.46. The maximum Gasteiger partial charge on any atom is 0.0628 e. The molecule has 1 aliphatic carbocycles. The third-order valence-corrected chi connectivity index (χ3v) is 4.19. The maximum atomic E-state index is 5.68. The minimum absolute atomic E-state index is 0.391. The largest absolute Gasteiger partial charge is 0.272 e. The molecule has 3 N–H and O–H groups in total. The fraction of sp³-hybridized carbons (Fsp3) is 0.769. The third kappa shape index (κ3) is 2.69. The number of aryl methyl sites for hydroxylation is 2. The number of rotatable bonds is 5. The highest BCUT2D eigenvalue weighted by atomic mass is 15.3. The van der Waals surface area contributed by atoms with Gasteiger partial charge in [-0.2, -0.15) is 5.10 Å². The first-order valence-electron chi connectivity index (χ1n) is 6.57. The Kier molecular flexibility index (Phi) is 3.84. The molecular formula is C13H24N4. The lowest BCUT2D eigenvalue weighted by atomic mass is 9.80. The second-order valence-electron chi connectivity index (χ2n) is 5.37. The van der Waals surface area contributed by atoms with E-state index in [1.54, 1.807) is 0 Å². The molecule has 0 spiro atoms. The summed E-state index contributed by atoms with van der Waals surface area (Å²) < 4.78 is 1.96. The predicted molar refractivity (Wildman–Crippen MR) is 69.5 cm³/mol. The Bertz CT molecular complexity index is 379. The van der Waals surface area contributed by atoms with Crippen molar-refractivity contribution in [2.75, 3.05) is 0 Å². The van der Waals surface area contributed by atoms with Gasteiger partial charge in [-0.3, -0.25) is 16.0 Å². The average Bonchev–Trinajstić information content (AvgIpc) is 2.47. The smallest absolute Gasteiger partial charge is 0.0628 e. The van der Waals surface area contributed by atoms with Crippen molar-refractivity contribution in [2.45, 2.75) is 52.0 Å². The monoisotopic (exact) mass is 236 g/mol. The van der Waals surface area contributed by atoms with E-state index in [2.05, 4.69) is 24.4 Å². The van der Waals surface area contributed by atoms with Gasteiger partial charge in [0.25, 0.3) is 0 Å². The zero-order chi connectivity index (χ0) is 12.4. The first-order chi connectivity index (χ1) is 8.11. The highest BCUT2D eigenvalue weighted by Crippen LogP contribution is 2.31. The number of nitrogens with two attached hydrogens (primary N) is 1. The molecule has 0 radical (unpaired) electrons. The lowest BCUT2D eigenvalue weighted by Crippen LogP contribution is -2.39. The SMILES string of the molecule is Cc1nn(C)c(C)c1CC(CC1CCC1)NN. The van der Waals surface area contributed by atoms with Gasteiger partial charge in [0.05, 0.1) is 5.69 Å². The van der Waals surface area contributed by atoms with Crippen molar-refractivity contribution in [1.82, 2.24) is 15.2 Å². The van der Waals surface area contributed by atoms with Crippen LogP contribution in [0.25, 0.3) is 0 Å². The molecule has 1 unspecified atom stereocenters. The Morgan fingerprint density at radius 2 is 2.18 bits per heavy atom. The van der Waals surface area contributed by atoms with Crippen LogP contribution in [0.15, 0.2) is 0 Å². The van der Waals surface area contributed by atoms with Gasteiger partial charge < -0.3 is 0 Å². The van der Waals surface area contributed by atoms with Crippen molar-refractivity contribution in [3.63, 3.8) is 0 Å². The topological polar surface area (TPSA) is 55.9 Å². The van der Waals surface area contributed by atoms with Gasteiger partial charge in [-0.1, -0.05) is 19.3 Å². The second-order valence-corrected chi connectivity index (χ2v) is 5.37. The molecule has 1 aromatic rings. The number of nitrogens with zero attached hydrogens (tertiary/aromatic N) is 2. The summed E-state index contributed by atoms with van der Waals surface area (Å²) in [6, 6.07) is 0.391. The molecule has 4 nitrogen and oxygen atoms in total. The van der Waals surface area contributed by atoms with Crippen LogP contribution in [0.2, 0.25) is 0 Å². The molecule has 0 bridgehead atoms. The van der Waals surface area contributed by atoms with Crippen LogP contribution in [0.4, 0.5) is 0 Å². The Balaban J connectivity index is 2.01. The van der Waals surface area contributed by atoms with E-state index in [4.69, 9.17) is 5.84 Å². The number of hydrazine groups is 1. The van der Waals surface area contributed by atoms with Crippen molar-refractivity contribution in [3.8, 4) is 0 Å². The molecule has 0 amide bonds. The highest BCUT2D eigenvalue weighted by molar-refractivity contribution is 5.25. The van der Waals surface area contributed by atoms with Crippen molar-refractivity contribution < 1.29 is 0 Å². The van der Waals surface area contributed by atoms with Crippen molar-refractivity contribution in [3.05, 3.63) is 17.0 Å². The first kappa shape index (κ1) is 12.6. The second kappa shape index (κ2) is 5.19. The number of aromatic nitrogens is 2. The number of nitrogens with one attached hydrogen (secondary N) is 1. The third-order valence-electron chi connectivity index (χ3n) is 4.19. The minimum atomic E-state index is 0.391. The van der Waals surface area contributed by atoms with Crippen molar-refractivity contribution in [1.29, 1.82) is 0 Å². The van der Waals surface area contributed by atoms with Crippen LogP contribution in [-0.2, 0) is 13.5 Å². The molecular weight excluding hydrogens is 212 g/mol. The van der Waals surface area contributed by atoms with E-state index in [1.807, 2.05) is 11.7 Å². The first-order valence-corrected chi connectivity index (χ1v) is 6.57. The Hall–Kier alpha value is -0.870. The summed E-state index contributed by atoms with van der Waals surface area (Å²) in [5.74, 6) is 6.56. The van der Waals surface area contributed by atoms with Crippen LogP contribution in [0, 0.1) is 19.8 Å². The molecule has 1 atom stereocenters. The standard InChI is InChI=1S/C13H24N4/c1-9-13(10(2)17(3)16-9)8-12(15-14)7-11-5-4-6-11/h11-12,15H,4-8,14H2,1-3H3. The quantitative estimate of drug-likeness (QED) is 0.603. The lowest BCUT2D eigenvalue weighted by molar-refractivity contribution is 0.259. The molecule has 96 valence electrons. The maximum absolute atomic E-state index is 5.68. The summed E-state index contributed by atoms with van der Waals surface area (Å²) in [6.45, 7) is 4.21. The molecule has 0 aliphatic heterocycles. The molecule has 1 aromatic heterocycles. The van der Waals surface area contributed by atoms with E-state index in [9.17, 15) is 0 Å². The minimum Gasteiger partial charge on any atom is -0.272 e. The van der Waals surface area contributed by atoms with Crippen LogP contribution in [0.5, 0.6) is 0 Å². The molecule has 2 rings (SSSR count). The van der Waals surface area contributed by atoms with E-state index < -0.39 is 0 Å². The van der Waals surface area contributed by atoms with Gasteiger partial charge >= 0.3 is 0 Å². The molecule has 1 fully saturated rings. The zero-order valence-electron chi connectivity index (χ0n) is 11.2. The van der Waals surface area contributed by atoms with Crippen LogP contribution < -0.4 is 11.3 Å². The zero-order valence-corrected chi connectivity index (χ0v) is 11.2. The van der Waals surface area contributed by atoms with Gasteiger partial charge in [0, 0.05) is 18.8 Å². The van der Waals surface area contributed by atoms with Gasteiger partial charge in [-0.25, -0.2) is 0 Å². The van der Waals surface area contributed by atoms with Crippen molar-refractivity contribution in [2.24, 2.45) is 18.8 Å². The van der Waals surface area contributed by atoms with E-state index in [0.29, 0.717) is 6.04 Å². The lowest BCUT2D eigenvalue weighted by Gasteiger charge is -2.29. The van der Waals surface area contributed by atoms with Gasteiger partial charge in [0.15, 0.2) is 0 Å². The Morgan fingerprint density at radius 1 is 1.47 bits per heavy atom. The summed E-state index contributed by atoms with van der Waals surface area (Å²) in [6.07, 6.45) is 6.35. The van der Waals surface area contributed by atoms with E-state index in [-0.39, 0.29) is 0 Å². The molecule has 4 heteroatoms. The van der Waals surface area contributed by atoms with Gasteiger partial charge in [-0.15, -0.1) is 0 Å². The van der Waals surface area contributed by atoms with Crippen LogP contribution >= 0.6 is 0 Å². The summed E-state index contributed by atoms with van der Waals surface area (Å²) in [5.41, 5.74) is 6.73. The van der Waals surface area contributed by atoms with E-state index in [1.165, 1.54) is 36.9 Å². The summed E-state index contributed by atoms with van der Waals surface area (Å²) in [4.78, 5) is 0. The fourth-order valence-electron chi connectivity index (χ4n) is 2.70.